The number of alkyl halides is 3. The van der Waals surface area contributed by atoms with Crippen LogP contribution < -0.4 is 9.47 Å². The largest absolute Gasteiger partial charge is 0.573 e. The number of hydrogen-bond donors (Lipinski definition) is 0. The van der Waals surface area contributed by atoms with E-state index in [2.05, 4.69) is 17.9 Å². The number of halogens is 3. The number of nitrogens with zero attached hydrogens (tertiary/aromatic N) is 2. The molecule has 1 amide bonds. The molecule has 0 aromatic heterocycles. The molecule has 2 saturated heterocycles. The van der Waals surface area contributed by atoms with Crippen LogP contribution in [0.3, 0.4) is 0 Å². The smallest absolute Gasteiger partial charge is 0.490 e. The van der Waals surface area contributed by atoms with Gasteiger partial charge in [0.2, 0.25) is 10.0 Å². The van der Waals surface area contributed by atoms with Crippen molar-refractivity contribution >= 4 is 16.1 Å². The van der Waals surface area contributed by atoms with Gasteiger partial charge in [-0.3, -0.25) is 0 Å². The SMILES string of the molecule is C=C/C(=C\C)COC(=O)N1CCC(S(=O)(=O)N2CCC(Oc3ccc(OC(F)(F)F)cc3)CC2)CC1.C=CC.CC. The van der Waals surface area contributed by atoms with E-state index in [4.69, 9.17) is 9.47 Å². The maximum absolute atomic E-state index is 13.2. The fourth-order valence-corrected chi connectivity index (χ4v) is 6.11. The van der Waals surface area contributed by atoms with Gasteiger partial charge in [-0.05, 0) is 69.4 Å². The number of hydrogen-bond acceptors (Lipinski definition) is 6. The fourth-order valence-electron chi connectivity index (χ4n) is 4.16. The summed E-state index contributed by atoms with van der Waals surface area (Å²) >= 11 is 0. The molecule has 0 radical (unpaired) electrons. The van der Waals surface area contributed by atoms with Crippen molar-refractivity contribution in [2.45, 2.75) is 71.1 Å². The minimum Gasteiger partial charge on any atom is -0.490 e. The first kappa shape index (κ1) is 36.0. The van der Waals surface area contributed by atoms with Gasteiger partial charge in [-0.2, -0.15) is 0 Å². The molecule has 3 rings (SSSR count). The van der Waals surface area contributed by atoms with Gasteiger partial charge in [0.25, 0.3) is 0 Å². The Hall–Kier alpha value is -2.99. The zero-order chi connectivity index (χ0) is 31.1. The molecule has 8 nitrogen and oxygen atoms in total. The van der Waals surface area contributed by atoms with E-state index in [0.29, 0.717) is 44.5 Å². The van der Waals surface area contributed by atoms with Crippen molar-refractivity contribution in [3.63, 3.8) is 0 Å². The molecule has 1 aromatic carbocycles. The maximum atomic E-state index is 13.2. The van der Waals surface area contributed by atoms with E-state index in [1.54, 1.807) is 18.2 Å². The van der Waals surface area contributed by atoms with Crippen LogP contribution in [0.2, 0.25) is 0 Å². The highest BCUT2D eigenvalue weighted by Crippen LogP contribution is 2.28. The standard InChI is InChI=1S/C24H31F3N2O6S.C3H6.C2H6/c1-3-18(4-2)17-33-23(30)28-13-11-22(12-14-28)36(31,32)29-15-9-20(10-16-29)34-19-5-7-21(8-6-19)35-24(25,26)27;1-3-2;1-2/h3-8,20,22H,1,9-17H2,2H3;3H,1H2,2H3;1-2H3/b18-4+;;. The normalized spacial score (nSPS) is 17.2. The zero-order valence-corrected chi connectivity index (χ0v) is 25.2. The highest BCUT2D eigenvalue weighted by atomic mass is 32.2. The van der Waals surface area contributed by atoms with E-state index in [1.807, 2.05) is 27.7 Å². The van der Waals surface area contributed by atoms with E-state index in [0.717, 1.165) is 5.57 Å². The summed E-state index contributed by atoms with van der Waals surface area (Å²) in [6.45, 7) is 16.0. The summed E-state index contributed by atoms with van der Waals surface area (Å²) in [5, 5.41) is -0.570. The summed E-state index contributed by atoms with van der Waals surface area (Å²) in [7, 11) is -3.53. The Morgan fingerprint density at radius 1 is 0.976 bits per heavy atom. The zero-order valence-electron chi connectivity index (χ0n) is 24.4. The van der Waals surface area contributed by atoms with Crippen LogP contribution in [0.15, 0.2) is 61.2 Å². The third-order valence-corrected chi connectivity index (χ3v) is 8.64. The van der Waals surface area contributed by atoms with Crippen molar-refractivity contribution in [3.05, 3.63) is 61.2 Å². The first-order valence-electron chi connectivity index (χ1n) is 13.7. The van der Waals surface area contributed by atoms with E-state index in [9.17, 15) is 26.4 Å². The average molecular weight is 605 g/mol. The number of benzene rings is 1. The molecule has 2 fully saturated rings. The molecule has 2 heterocycles. The Bertz CT molecular complexity index is 1070. The van der Waals surface area contributed by atoms with Gasteiger partial charge in [-0.15, -0.1) is 19.8 Å². The highest BCUT2D eigenvalue weighted by Gasteiger charge is 2.38. The van der Waals surface area contributed by atoms with Gasteiger partial charge in [-0.1, -0.05) is 38.7 Å². The average Bonchev–Trinajstić information content (AvgIpc) is 2.95. The number of piperidine rings is 2. The third-order valence-electron chi connectivity index (χ3n) is 6.24. The van der Waals surface area contributed by atoms with Gasteiger partial charge in [-0.25, -0.2) is 17.5 Å². The van der Waals surface area contributed by atoms with Gasteiger partial charge in [0, 0.05) is 26.2 Å². The summed E-state index contributed by atoms with van der Waals surface area (Å²) in [5.41, 5.74) is 0.792. The molecule has 2 aliphatic rings. The molecule has 0 atom stereocenters. The fraction of sp³-hybridized carbons (Fsp3) is 0.552. The molecule has 2 aliphatic heterocycles. The lowest BCUT2D eigenvalue weighted by atomic mass is 10.1. The van der Waals surface area contributed by atoms with Gasteiger partial charge < -0.3 is 19.1 Å². The third kappa shape index (κ3) is 12.2. The predicted molar refractivity (Wildman–Crippen MR) is 154 cm³/mol. The Morgan fingerprint density at radius 2 is 1.49 bits per heavy atom. The Kier molecular flexibility index (Phi) is 15.6. The summed E-state index contributed by atoms with van der Waals surface area (Å²) in [4.78, 5) is 13.8. The van der Waals surface area contributed by atoms with Crippen LogP contribution in [-0.2, 0) is 14.8 Å². The molecule has 232 valence electrons. The number of ether oxygens (including phenoxy) is 3. The second-order valence-electron chi connectivity index (χ2n) is 9.00. The number of likely N-dealkylation sites (tertiary alicyclic amines) is 1. The molecule has 1 aromatic rings. The molecule has 0 spiro atoms. The van der Waals surface area contributed by atoms with Gasteiger partial charge >= 0.3 is 12.5 Å². The minimum atomic E-state index is -4.76. The number of amides is 1. The highest BCUT2D eigenvalue weighted by molar-refractivity contribution is 7.89. The number of carbonyl (C=O) groups excluding carboxylic acids is 1. The maximum Gasteiger partial charge on any atom is 0.573 e. The van der Waals surface area contributed by atoms with Crippen molar-refractivity contribution in [3.8, 4) is 11.5 Å². The number of carbonyl (C=O) groups is 1. The van der Waals surface area contributed by atoms with Gasteiger partial charge in [0.15, 0.2) is 0 Å². The number of rotatable bonds is 8. The first-order valence-corrected chi connectivity index (χ1v) is 15.2. The van der Waals surface area contributed by atoms with E-state index in [1.165, 1.54) is 33.5 Å². The molecular weight excluding hydrogens is 561 g/mol. The lowest BCUT2D eigenvalue weighted by Crippen LogP contribution is -2.49. The molecule has 41 heavy (non-hydrogen) atoms. The quantitative estimate of drug-likeness (QED) is 0.242. The van der Waals surface area contributed by atoms with Crippen LogP contribution in [0.1, 0.15) is 53.4 Å². The Balaban J connectivity index is 0.00000157. The lowest BCUT2D eigenvalue weighted by Gasteiger charge is -2.37. The van der Waals surface area contributed by atoms with Crippen LogP contribution in [0.5, 0.6) is 11.5 Å². The molecular formula is C29H43F3N2O6S. The van der Waals surface area contributed by atoms with Crippen LogP contribution in [0, 0.1) is 0 Å². The molecule has 0 N–H and O–H groups in total. The van der Waals surface area contributed by atoms with Crippen LogP contribution in [0.4, 0.5) is 18.0 Å². The molecule has 0 bridgehead atoms. The van der Waals surface area contributed by atoms with E-state index in [-0.39, 0.29) is 31.5 Å². The Labute approximate surface area is 242 Å². The summed E-state index contributed by atoms with van der Waals surface area (Å²) in [6.07, 6.45) is 1.27. The predicted octanol–water partition coefficient (Wildman–Crippen LogP) is 6.71. The number of sulfonamides is 1. The van der Waals surface area contributed by atoms with Crippen molar-refractivity contribution < 1.29 is 40.6 Å². The minimum absolute atomic E-state index is 0.125. The second kappa shape index (κ2) is 17.7. The first-order chi connectivity index (χ1) is 19.4. The summed E-state index contributed by atoms with van der Waals surface area (Å²) in [6, 6.07) is 5.12. The molecule has 0 aliphatic carbocycles. The van der Waals surface area contributed by atoms with Crippen molar-refractivity contribution in [1.29, 1.82) is 0 Å². The monoisotopic (exact) mass is 604 g/mol. The summed E-state index contributed by atoms with van der Waals surface area (Å²) in [5.74, 6) is 0.0501. The van der Waals surface area contributed by atoms with Crippen LogP contribution >= 0.6 is 0 Å². The summed E-state index contributed by atoms with van der Waals surface area (Å²) < 4.78 is 79.6. The van der Waals surface area contributed by atoms with Gasteiger partial charge in [0.1, 0.15) is 24.2 Å². The van der Waals surface area contributed by atoms with Gasteiger partial charge in [0.05, 0.1) is 5.25 Å². The number of allylic oxidation sites excluding steroid dienone is 2. The lowest BCUT2D eigenvalue weighted by molar-refractivity contribution is -0.274. The van der Waals surface area contributed by atoms with Crippen molar-refractivity contribution in [1.82, 2.24) is 9.21 Å². The topological polar surface area (TPSA) is 85.4 Å². The molecule has 0 unspecified atom stereocenters. The van der Waals surface area contributed by atoms with Crippen molar-refractivity contribution in [2.75, 3.05) is 32.8 Å². The Morgan fingerprint density at radius 3 is 1.95 bits per heavy atom. The molecule has 12 heteroatoms. The van der Waals surface area contributed by atoms with E-state index >= 15 is 0 Å². The van der Waals surface area contributed by atoms with E-state index < -0.39 is 27.7 Å². The van der Waals surface area contributed by atoms with Crippen LogP contribution in [0.25, 0.3) is 0 Å². The molecule has 0 saturated carbocycles. The second-order valence-corrected chi connectivity index (χ2v) is 11.2. The van der Waals surface area contributed by atoms with Crippen LogP contribution in [-0.4, -0.2) is 74.2 Å². The van der Waals surface area contributed by atoms with Crippen molar-refractivity contribution in [2.24, 2.45) is 0 Å².